The second kappa shape index (κ2) is 5.63. The van der Waals surface area contributed by atoms with E-state index in [4.69, 9.17) is 11.6 Å². The summed E-state index contributed by atoms with van der Waals surface area (Å²) in [6.45, 7) is 0. The minimum Gasteiger partial charge on any atom is -0.507 e. The van der Waals surface area contributed by atoms with Crippen molar-refractivity contribution in [2.45, 2.75) is 0 Å². The Morgan fingerprint density at radius 1 is 1.24 bits per heavy atom. The molecule has 0 saturated carbocycles. The molecule has 0 amide bonds. The third kappa shape index (κ3) is 3.18. The Balaban J connectivity index is 2.55. The molecule has 2 rings (SSSR count). The molecule has 0 fully saturated rings. The first-order valence-corrected chi connectivity index (χ1v) is 5.94. The number of hydrogen-bond donors (Lipinski definition) is 3. The van der Waals surface area contributed by atoms with Gasteiger partial charge in [0.2, 0.25) is 0 Å². The average molecular weight is 310 g/mol. The molecule has 0 atom stereocenters. The summed E-state index contributed by atoms with van der Waals surface area (Å²) < 4.78 is 0. The fourth-order valence-corrected chi connectivity index (χ4v) is 1.81. The number of aromatic nitrogens is 2. The second-order valence-electron chi connectivity index (χ2n) is 3.96. The number of phenolic OH excluding ortho intramolecular Hbond substituents is 1. The van der Waals surface area contributed by atoms with Crippen molar-refractivity contribution in [2.24, 2.45) is 0 Å². The topological polar surface area (TPSA) is 129 Å². The molecule has 21 heavy (non-hydrogen) atoms. The van der Waals surface area contributed by atoms with Crippen LogP contribution < -0.4 is 11.2 Å². The van der Waals surface area contributed by atoms with Crippen LogP contribution in [0.25, 0.3) is 12.2 Å². The number of hydrogen-bond acceptors (Lipinski definition) is 5. The van der Waals surface area contributed by atoms with Crippen LogP contribution in [0.4, 0.5) is 5.69 Å². The van der Waals surface area contributed by atoms with Crippen LogP contribution in [-0.4, -0.2) is 20.0 Å². The molecule has 0 aliphatic heterocycles. The number of phenols is 1. The standard InChI is InChI=1S/C12H8ClN3O5/c13-7-2-4-9(17)6(5-7)1-3-8-10(16(20)21)11(18)15-12(19)14-8/h1-5,17H,(H2,14,15,18,19)/b3-1+. The molecule has 0 unspecified atom stereocenters. The van der Waals surface area contributed by atoms with Crippen molar-refractivity contribution in [1.82, 2.24) is 9.97 Å². The zero-order chi connectivity index (χ0) is 15.6. The lowest BCUT2D eigenvalue weighted by Gasteiger charge is -2.00. The molecule has 9 heteroatoms. The molecule has 0 radical (unpaired) electrons. The van der Waals surface area contributed by atoms with E-state index in [1.807, 2.05) is 0 Å². The molecule has 0 spiro atoms. The number of rotatable bonds is 3. The van der Waals surface area contributed by atoms with E-state index in [2.05, 4.69) is 4.98 Å². The maximum atomic E-state index is 11.4. The van der Waals surface area contributed by atoms with Crippen molar-refractivity contribution in [1.29, 1.82) is 0 Å². The van der Waals surface area contributed by atoms with Crippen LogP contribution in [-0.2, 0) is 0 Å². The number of halogens is 1. The Bertz CT molecular complexity index is 853. The molecule has 1 aromatic heterocycles. The van der Waals surface area contributed by atoms with E-state index in [0.29, 0.717) is 5.02 Å². The van der Waals surface area contributed by atoms with Crippen molar-refractivity contribution in [3.05, 3.63) is 65.4 Å². The molecule has 0 aliphatic rings. The summed E-state index contributed by atoms with van der Waals surface area (Å²) in [5.74, 6) is -0.106. The lowest BCUT2D eigenvalue weighted by Crippen LogP contribution is -2.25. The highest BCUT2D eigenvalue weighted by Crippen LogP contribution is 2.23. The van der Waals surface area contributed by atoms with Gasteiger partial charge in [0.25, 0.3) is 0 Å². The average Bonchev–Trinajstić information content (AvgIpc) is 2.38. The smallest absolute Gasteiger partial charge is 0.357 e. The van der Waals surface area contributed by atoms with E-state index >= 15 is 0 Å². The zero-order valence-corrected chi connectivity index (χ0v) is 11.0. The quantitative estimate of drug-likeness (QED) is 0.584. The van der Waals surface area contributed by atoms with Crippen molar-refractivity contribution >= 4 is 29.4 Å². The normalized spacial score (nSPS) is 10.9. The van der Waals surface area contributed by atoms with Crippen LogP contribution in [0.3, 0.4) is 0 Å². The monoisotopic (exact) mass is 309 g/mol. The first-order chi connectivity index (χ1) is 9.88. The predicted octanol–water partition coefficient (Wildman–Crippen LogP) is 1.50. The molecule has 0 saturated heterocycles. The molecule has 1 aromatic carbocycles. The second-order valence-corrected chi connectivity index (χ2v) is 4.40. The van der Waals surface area contributed by atoms with Gasteiger partial charge in [-0.3, -0.25) is 19.9 Å². The molecule has 2 aromatic rings. The highest BCUT2D eigenvalue weighted by atomic mass is 35.5. The van der Waals surface area contributed by atoms with Gasteiger partial charge in [-0.2, -0.15) is 0 Å². The molecular formula is C12H8ClN3O5. The fraction of sp³-hybridized carbons (Fsp3) is 0. The highest BCUT2D eigenvalue weighted by Gasteiger charge is 2.18. The summed E-state index contributed by atoms with van der Waals surface area (Å²) in [6.07, 6.45) is 2.43. The fourth-order valence-electron chi connectivity index (χ4n) is 1.63. The molecular weight excluding hydrogens is 302 g/mol. The maximum Gasteiger partial charge on any atom is 0.357 e. The van der Waals surface area contributed by atoms with E-state index in [-0.39, 0.29) is 17.0 Å². The van der Waals surface area contributed by atoms with Gasteiger partial charge in [0.15, 0.2) is 0 Å². The van der Waals surface area contributed by atoms with Gasteiger partial charge in [-0.15, -0.1) is 0 Å². The minimum atomic E-state index is -1.11. The highest BCUT2D eigenvalue weighted by molar-refractivity contribution is 6.30. The first-order valence-electron chi connectivity index (χ1n) is 5.56. The number of H-pyrrole nitrogens is 2. The third-order valence-corrected chi connectivity index (χ3v) is 2.78. The van der Waals surface area contributed by atoms with E-state index in [0.717, 1.165) is 6.08 Å². The van der Waals surface area contributed by atoms with Gasteiger partial charge in [0.05, 0.1) is 4.92 Å². The van der Waals surface area contributed by atoms with Crippen LogP contribution in [0.1, 0.15) is 11.3 Å². The zero-order valence-electron chi connectivity index (χ0n) is 10.3. The number of aromatic hydroxyl groups is 1. The van der Waals surface area contributed by atoms with Gasteiger partial charge in [0, 0.05) is 10.6 Å². The van der Waals surface area contributed by atoms with E-state index in [1.165, 1.54) is 24.3 Å². The van der Waals surface area contributed by atoms with Crippen molar-refractivity contribution in [2.75, 3.05) is 0 Å². The summed E-state index contributed by atoms with van der Waals surface area (Å²) in [7, 11) is 0. The van der Waals surface area contributed by atoms with Crippen LogP contribution in [0, 0.1) is 10.1 Å². The number of nitro groups is 1. The Kier molecular flexibility index (Phi) is 3.90. The lowest BCUT2D eigenvalue weighted by molar-refractivity contribution is -0.386. The van der Waals surface area contributed by atoms with Crippen LogP contribution in [0.15, 0.2) is 27.8 Å². The molecule has 3 N–H and O–H groups in total. The van der Waals surface area contributed by atoms with E-state index in [1.54, 1.807) is 4.98 Å². The van der Waals surface area contributed by atoms with Crippen LogP contribution in [0.5, 0.6) is 5.75 Å². The molecule has 8 nitrogen and oxygen atoms in total. The Hall–Kier alpha value is -2.87. The maximum absolute atomic E-state index is 11.4. The summed E-state index contributed by atoms with van der Waals surface area (Å²) in [5.41, 5.74) is -2.79. The molecule has 1 heterocycles. The van der Waals surface area contributed by atoms with Crippen molar-refractivity contribution in [3.8, 4) is 5.75 Å². The SMILES string of the molecule is O=c1[nH]c(/C=C/c2cc(Cl)ccc2O)c([N+](=O)[O-])c(=O)[nH]1. The number of aromatic amines is 2. The molecule has 0 bridgehead atoms. The summed E-state index contributed by atoms with van der Waals surface area (Å²) in [5, 5.41) is 20.8. The van der Waals surface area contributed by atoms with E-state index < -0.39 is 21.9 Å². The summed E-state index contributed by atoms with van der Waals surface area (Å²) >= 11 is 5.76. The Morgan fingerprint density at radius 2 is 1.95 bits per heavy atom. The van der Waals surface area contributed by atoms with Gasteiger partial charge in [0.1, 0.15) is 11.4 Å². The number of nitrogens with one attached hydrogen (secondary N) is 2. The molecule has 0 aliphatic carbocycles. The third-order valence-electron chi connectivity index (χ3n) is 2.55. The first kappa shape index (κ1) is 14.5. The van der Waals surface area contributed by atoms with Crippen molar-refractivity contribution < 1.29 is 10.0 Å². The Morgan fingerprint density at radius 3 is 2.62 bits per heavy atom. The van der Waals surface area contributed by atoms with Crippen molar-refractivity contribution in [3.63, 3.8) is 0 Å². The van der Waals surface area contributed by atoms with Gasteiger partial charge >= 0.3 is 16.9 Å². The van der Waals surface area contributed by atoms with Crippen LogP contribution >= 0.6 is 11.6 Å². The predicted molar refractivity (Wildman–Crippen MR) is 76.4 cm³/mol. The minimum absolute atomic E-state index is 0.106. The van der Waals surface area contributed by atoms with Gasteiger partial charge in [-0.25, -0.2) is 4.79 Å². The van der Waals surface area contributed by atoms with E-state index in [9.17, 15) is 24.8 Å². The number of nitrogens with zero attached hydrogens (tertiary/aromatic N) is 1. The van der Waals surface area contributed by atoms with Crippen LogP contribution in [0.2, 0.25) is 5.02 Å². The van der Waals surface area contributed by atoms with Gasteiger partial charge in [-0.1, -0.05) is 11.6 Å². The summed E-state index contributed by atoms with van der Waals surface area (Å²) in [6, 6.07) is 4.23. The Labute approximate surface area is 121 Å². The lowest BCUT2D eigenvalue weighted by atomic mass is 10.1. The number of benzene rings is 1. The van der Waals surface area contributed by atoms with Gasteiger partial charge in [-0.05, 0) is 30.4 Å². The summed E-state index contributed by atoms with van der Waals surface area (Å²) in [4.78, 5) is 36.4. The van der Waals surface area contributed by atoms with Gasteiger partial charge < -0.3 is 10.1 Å². The largest absolute Gasteiger partial charge is 0.507 e. The molecule has 108 valence electrons.